The van der Waals surface area contributed by atoms with Crippen LogP contribution in [0.2, 0.25) is 0 Å². The van der Waals surface area contributed by atoms with Crippen molar-refractivity contribution in [3.8, 4) is 17.2 Å². The molecule has 17 heavy (non-hydrogen) atoms. The number of phenols is 3. The van der Waals surface area contributed by atoms with E-state index in [0.29, 0.717) is 12.8 Å². The van der Waals surface area contributed by atoms with Crippen LogP contribution >= 0.6 is 0 Å². The smallest absolute Gasteiger partial charge is 0.333 e. The third-order valence-corrected chi connectivity index (χ3v) is 3.13. The van der Waals surface area contributed by atoms with E-state index in [9.17, 15) is 20.1 Å². The Labute approximate surface area is 96.4 Å². The van der Waals surface area contributed by atoms with Crippen LogP contribution in [0.25, 0.3) is 0 Å². The summed E-state index contributed by atoms with van der Waals surface area (Å²) in [6.45, 7) is 0. The average molecular weight is 240 g/mol. The van der Waals surface area contributed by atoms with E-state index in [0.717, 1.165) is 12.1 Å². The van der Waals surface area contributed by atoms with Crippen molar-refractivity contribution in [1.82, 2.24) is 0 Å². The van der Waals surface area contributed by atoms with E-state index in [1.165, 1.54) is 0 Å². The minimum atomic E-state index is -1.69. The molecule has 0 radical (unpaired) electrons. The monoisotopic (exact) mass is 240 g/mol. The molecule has 0 bridgehead atoms. The molecule has 2 rings (SSSR count). The molecule has 0 heterocycles. The van der Waals surface area contributed by atoms with Gasteiger partial charge in [0.25, 0.3) is 0 Å². The normalized spacial score (nSPS) is 18.6. The van der Waals surface area contributed by atoms with E-state index in [1.54, 1.807) is 0 Å². The lowest BCUT2D eigenvalue weighted by atomic mass is 9.88. The fourth-order valence-electron chi connectivity index (χ4n) is 2.14. The van der Waals surface area contributed by atoms with Crippen molar-refractivity contribution in [2.75, 3.05) is 0 Å². The molecule has 1 aliphatic carbocycles. The summed E-state index contributed by atoms with van der Waals surface area (Å²) in [5.74, 6) is -2.57. The molecule has 0 aliphatic heterocycles. The first-order valence-corrected chi connectivity index (χ1v) is 5.05. The first kappa shape index (κ1) is 11.5. The number of aliphatic hydroxyl groups is 1. The Kier molecular flexibility index (Phi) is 2.39. The highest BCUT2D eigenvalue weighted by Crippen LogP contribution is 2.57. The molecule has 92 valence electrons. The zero-order valence-electron chi connectivity index (χ0n) is 8.79. The topological polar surface area (TPSA) is 118 Å². The molecule has 5 N–H and O–H groups in total. The van der Waals surface area contributed by atoms with Gasteiger partial charge in [-0.2, -0.15) is 0 Å². The van der Waals surface area contributed by atoms with Crippen LogP contribution in [0.15, 0.2) is 12.1 Å². The zero-order valence-corrected chi connectivity index (χ0v) is 8.79. The number of benzene rings is 1. The van der Waals surface area contributed by atoms with Gasteiger partial charge >= 0.3 is 5.97 Å². The lowest BCUT2D eigenvalue weighted by Gasteiger charge is -2.21. The van der Waals surface area contributed by atoms with Crippen molar-refractivity contribution in [2.45, 2.75) is 24.4 Å². The molecule has 0 spiro atoms. The molecule has 6 heteroatoms. The molecule has 0 saturated heterocycles. The minimum Gasteiger partial charge on any atom is -0.508 e. The predicted molar refractivity (Wildman–Crippen MR) is 56.0 cm³/mol. The number of aliphatic carboxylic acids is 1. The Bertz CT molecular complexity index is 454. The Balaban J connectivity index is 2.51. The number of hydrogen-bond donors (Lipinski definition) is 5. The second-order valence-electron chi connectivity index (χ2n) is 4.26. The molecular formula is C11H12O6. The number of hydrogen-bond acceptors (Lipinski definition) is 5. The minimum absolute atomic E-state index is 0.0230. The van der Waals surface area contributed by atoms with Gasteiger partial charge in [-0.15, -0.1) is 0 Å². The summed E-state index contributed by atoms with van der Waals surface area (Å²) in [6.07, 6.45) is -0.984. The van der Waals surface area contributed by atoms with Gasteiger partial charge in [-0.1, -0.05) is 0 Å². The summed E-state index contributed by atoms with van der Waals surface area (Å²) in [5, 5.41) is 46.9. The SMILES string of the molecule is O=C(O)C(O)C1(c2c(O)cc(O)cc2O)CC1. The maximum absolute atomic E-state index is 10.8. The van der Waals surface area contributed by atoms with Gasteiger partial charge in [0.15, 0.2) is 6.10 Å². The second-order valence-corrected chi connectivity index (χ2v) is 4.26. The summed E-state index contributed by atoms with van der Waals surface area (Å²) in [6, 6.07) is 2.01. The number of carboxylic acids is 1. The van der Waals surface area contributed by atoms with Crippen LogP contribution in [0.5, 0.6) is 17.2 Å². The van der Waals surface area contributed by atoms with E-state index in [2.05, 4.69) is 0 Å². The number of carboxylic acid groups (broad SMARTS) is 1. The standard InChI is InChI=1S/C11H12O6/c12-5-3-6(13)8(7(14)4-5)11(1-2-11)9(15)10(16)17/h3-4,9,12-15H,1-2H2,(H,16,17). The van der Waals surface area contributed by atoms with Crippen molar-refractivity contribution in [3.05, 3.63) is 17.7 Å². The fourth-order valence-corrected chi connectivity index (χ4v) is 2.14. The highest BCUT2D eigenvalue weighted by molar-refractivity contribution is 5.77. The van der Waals surface area contributed by atoms with Gasteiger partial charge in [0.1, 0.15) is 17.2 Å². The lowest BCUT2D eigenvalue weighted by Crippen LogP contribution is -2.33. The molecule has 1 aromatic rings. The van der Waals surface area contributed by atoms with Crippen molar-refractivity contribution in [2.24, 2.45) is 0 Å². The van der Waals surface area contributed by atoms with Crippen LogP contribution in [-0.2, 0) is 10.2 Å². The summed E-state index contributed by atoms with van der Waals surface area (Å²) >= 11 is 0. The Morgan fingerprint density at radius 3 is 2.00 bits per heavy atom. The Morgan fingerprint density at radius 1 is 1.18 bits per heavy atom. The molecule has 6 nitrogen and oxygen atoms in total. The predicted octanol–water partition coefficient (Wildman–Crippen LogP) is 0.280. The number of aromatic hydroxyl groups is 3. The summed E-state index contributed by atoms with van der Waals surface area (Å²) < 4.78 is 0. The van der Waals surface area contributed by atoms with Gasteiger partial charge in [0, 0.05) is 23.1 Å². The average Bonchev–Trinajstić information content (AvgIpc) is 2.96. The third-order valence-electron chi connectivity index (χ3n) is 3.13. The second kappa shape index (κ2) is 3.53. The largest absolute Gasteiger partial charge is 0.508 e. The maximum atomic E-state index is 10.8. The molecule has 0 amide bonds. The summed E-state index contributed by atoms with van der Waals surface area (Å²) in [5.41, 5.74) is -1.18. The highest BCUT2D eigenvalue weighted by Gasteiger charge is 2.56. The van der Waals surface area contributed by atoms with Crippen LogP contribution in [0.1, 0.15) is 18.4 Å². The van der Waals surface area contributed by atoms with Gasteiger partial charge in [-0.25, -0.2) is 4.79 Å². The van der Waals surface area contributed by atoms with Gasteiger partial charge in [0.2, 0.25) is 0 Å². The number of phenolic OH excluding ortho intramolecular Hbond substituents is 3. The third kappa shape index (κ3) is 1.66. The van der Waals surface area contributed by atoms with Gasteiger partial charge in [-0.3, -0.25) is 0 Å². The van der Waals surface area contributed by atoms with Gasteiger partial charge in [0.05, 0.1) is 0 Å². The summed E-state index contributed by atoms with van der Waals surface area (Å²) in [7, 11) is 0. The molecule has 1 atom stereocenters. The number of carbonyl (C=O) groups is 1. The summed E-state index contributed by atoms with van der Waals surface area (Å²) in [4.78, 5) is 10.8. The Hall–Kier alpha value is -1.95. The van der Waals surface area contributed by atoms with E-state index in [4.69, 9.17) is 10.2 Å². The number of aliphatic hydroxyl groups excluding tert-OH is 1. The molecule has 1 saturated carbocycles. The molecule has 1 fully saturated rings. The van der Waals surface area contributed by atoms with E-state index in [-0.39, 0.29) is 11.3 Å². The van der Waals surface area contributed by atoms with Crippen LogP contribution in [0, 0.1) is 0 Å². The Morgan fingerprint density at radius 2 is 1.65 bits per heavy atom. The van der Waals surface area contributed by atoms with Crippen LogP contribution in [-0.4, -0.2) is 37.6 Å². The first-order valence-electron chi connectivity index (χ1n) is 5.05. The van der Waals surface area contributed by atoms with Crippen molar-refractivity contribution >= 4 is 5.97 Å². The molecule has 1 aromatic carbocycles. The van der Waals surface area contributed by atoms with E-state index in [1.807, 2.05) is 0 Å². The highest BCUT2D eigenvalue weighted by atomic mass is 16.4. The quantitative estimate of drug-likeness (QED) is 0.518. The molecular weight excluding hydrogens is 228 g/mol. The molecule has 1 aliphatic rings. The van der Waals surface area contributed by atoms with Crippen LogP contribution < -0.4 is 0 Å². The van der Waals surface area contributed by atoms with Crippen molar-refractivity contribution in [3.63, 3.8) is 0 Å². The van der Waals surface area contributed by atoms with E-state index >= 15 is 0 Å². The van der Waals surface area contributed by atoms with Crippen molar-refractivity contribution in [1.29, 1.82) is 0 Å². The molecule has 0 aromatic heterocycles. The van der Waals surface area contributed by atoms with Crippen LogP contribution in [0.4, 0.5) is 0 Å². The fraction of sp³-hybridized carbons (Fsp3) is 0.364. The van der Waals surface area contributed by atoms with Crippen LogP contribution in [0.3, 0.4) is 0 Å². The number of rotatable bonds is 3. The zero-order chi connectivity index (χ0) is 12.8. The van der Waals surface area contributed by atoms with Crippen molar-refractivity contribution < 1.29 is 30.3 Å². The van der Waals surface area contributed by atoms with Gasteiger partial charge < -0.3 is 25.5 Å². The van der Waals surface area contributed by atoms with E-state index < -0.39 is 29.0 Å². The molecule has 1 unspecified atom stereocenters. The first-order chi connectivity index (χ1) is 7.88. The lowest BCUT2D eigenvalue weighted by molar-refractivity contribution is -0.148. The van der Waals surface area contributed by atoms with Gasteiger partial charge in [-0.05, 0) is 12.8 Å². The maximum Gasteiger partial charge on any atom is 0.333 e.